The van der Waals surface area contributed by atoms with Crippen LogP contribution in [0.1, 0.15) is 22.8 Å². The zero-order chi connectivity index (χ0) is 31.9. The Labute approximate surface area is 277 Å². The first-order chi connectivity index (χ1) is 23.8. The Morgan fingerprint density at radius 3 is 0.729 bits per heavy atom. The van der Waals surface area contributed by atoms with E-state index in [1.807, 2.05) is 97.1 Å². The van der Waals surface area contributed by atoms with Crippen molar-refractivity contribution in [3.63, 3.8) is 0 Å². The van der Waals surface area contributed by atoms with Gasteiger partial charge in [0.15, 0.2) is 0 Å². The third kappa shape index (κ3) is 4.88. The van der Waals surface area contributed by atoms with Gasteiger partial charge in [-0.05, 0) is 70.8 Å². The number of furan rings is 2. The van der Waals surface area contributed by atoms with E-state index in [2.05, 4.69) is 72.8 Å². The van der Waals surface area contributed by atoms with E-state index in [9.17, 15) is 0 Å². The van der Waals surface area contributed by atoms with Gasteiger partial charge in [0.05, 0.1) is 45.0 Å². The summed E-state index contributed by atoms with van der Waals surface area (Å²) in [4.78, 5) is 10.5. The highest BCUT2D eigenvalue weighted by atomic mass is 16.3. The molecule has 48 heavy (non-hydrogen) atoms. The van der Waals surface area contributed by atoms with Crippen molar-refractivity contribution < 1.29 is 8.83 Å². The molecule has 4 heteroatoms. The smallest absolute Gasteiger partial charge is 0.137 e. The quantitative estimate of drug-likeness (QED) is 0.197. The minimum Gasteiger partial charge on any atom is -0.456 e. The van der Waals surface area contributed by atoms with E-state index in [-0.39, 0.29) is 0 Å². The van der Waals surface area contributed by atoms with Crippen LogP contribution in [0.15, 0.2) is 154 Å². The van der Waals surface area contributed by atoms with Crippen LogP contribution in [-0.2, 0) is 0 Å². The lowest BCUT2D eigenvalue weighted by molar-refractivity contribution is 0.667. The minimum absolute atomic E-state index is 0.728. The molecule has 0 saturated carbocycles. The van der Waals surface area contributed by atoms with E-state index in [1.54, 1.807) is 0 Å². The third-order valence-corrected chi connectivity index (χ3v) is 8.75. The summed E-state index contributed by atoms with van der Waals surface area (Å²) in [7, 11) is 0. The van der Waals surface area contributed by atoms with Gasteiger partial charge in [0, 0.05) is 0 Å². The summed E-state index contributed by atoms with van der Waals surface area (Å²) in [6, 6.07) is 49.3. The number of hydrogen-bond acceptors (Lipinski definition) is 4. The van der Waals surface area contributed by atoms with Gasteiger partial charge in [-0.3, -0.25) is 0 Å². The molecule has 0 atom stereocenters. The third-order valence-electron chi connectivity index (χ3n) is 8.75. The molecule has 0 N–H and O–H groups in total. The van der Waals surface area contributed by atoms with Crippen LogP contribution in [0, 0.1) is 0 Å². The molecule has 5 heterocycles. The van der Waals surface area contributed by atoms with E-state index < -0.39 is 0 Å². The van der Waals surface area contributed by atoms with Crippen LogP contribution in [0.25, 0.3) is 91.1 Å². The summed E-state index contributed by atoms with van der Waals surface area (Å²) in [5, 5.41) is 0. The zero-order valence-corrected chi connectivity index (χ0v) is 25.9. The molecule has 2 aliphatic rings. The molecule has 7 aromatic rings. The van der Waals surface area contributed by atoms with Gasteiger partial charge in [-0.2, -0.15) is 0 Å². The molecule has 0 radical (unpaired) electrons. The number of benzene rings is 4. The zero-order valence-electron chi connectivity index (χ0n) is 25.9. The van der Waals surface area contributed by atoms with Crippen molar-refractivity contribution in [2.24, 2.45) is 0 Å². The average molecular weight is 617 g/mol. The summed E-state index contributed by atoms with van der Waals surface area (Å²) < 4.78 is 13.6. The summed E-state index contributed by atoms with van der Waals surface area (Å²) in [6.45, 7) is 0. The lowest BCUT2D eigenvalue weighted by atomic mass is 10.0. The van der Waals surface area contributed by atoms with Crippen molar-refractivity contribution in [2.45, 2.75) is 0 Å². The maximum absolute atomic E-state index is 6.81. The van der Waals surface area contributed by atoms with Crippen LogP contribution in [-0.4, -0.2) is 9.97 Å². The predicted octanol–water partition coefficient (Wildman–Crippen LogP) is 11.9. The lowest BCUT2D eigenvalue weighted by Crippen LogP contribution is -1.87. The summed E-state index contributed by atoms with van der Waals surface area (Å²) >= 11 is 0. The molecule has 9 rings (SSSR count). The normalized spacial score (nSPS) is 12.0. The van der Waals surface area contributed by atoms with E-state index in [4.69, 9.17) is 18.8 Å². The van der Waals surface area contributed by atoms with Crippen LogP contribution >= 0.6 is 0 Å². The Kier molecular flexibility index (Phi) is 6.76. The molecule has 0 aliphatic carbocycles. The topological polar surface area (TPSA) is 52.1 Å². The molecule has 0 fully saturated rings. The standard InChI is InChI=1S/C44H28N2O2/c1-5-13-29(14-6-1)41-33-21-22-34(45-33)42(30-15-7-2-8-16-30)39-27-28-40(48-39)44(32-19-11-4-12-20-32)36-24-23-35(46-36)43(31-17-9-3-10-18-31)38-26-25-37(41)47-38/h1-28H. The Bertz CT molecular complexity index is 2180. The predicted molar refractivity (Wildman–Crippen MR) is 196 cm³/mol. The highest BCUT2D eigenvalue weighted by molar-refractivity contribution is 5.98. The first-order valence-corrected chi connectivity index (χ1v) is 16.0. The van der Waals surface area contributed by atoms with E-state index in [0.717, 1.165) is 89.6 Å². The fraction of sp³-hybridized carbons (Fsp3) is 0. The molecule has 0 amide bonds. The number of aromatic nitrogens is 2. The first-order valence-electron chi connectivity index (χ1n) is 16.0. The molecule has 4 nitrogen and oxygen atoms in total. The summed E-state index contributed by atoms with van der Waals surface area (Å²) in [5.41, 5.74) is 13.9. The SMILES string of the molecule is C1=Cc2nc1c(-c1ccccc1)c1ccc(o1)c(-c1ccccc1)c1nc(c(-c3ccccc3)c3ccc(o3)c2-c2ccccc2)C=C1. The largest absolute Gasteiger partial charge is 0.456 e. The monoisotopic (exact) mass is 616 g/mol. The summed E-state index contributed by atoms with van der Waals surface area (Å²) in [6.07, 6.45) is 8.27. The van der Waals surface area contributed by atoms with Crippen molar-refractivity contribution in [1.29, 1.82) is 0 Å². The molecule has 0 saturated heterocycles. The van der Waals surface area contributed by atoms with E-state index >= 15 is 0 Å². The Balaban J connectivity index is 1.49. The second-order valence-corrected chi connectivity index (χ2v) is 11.7. The molecule has 0 unspecified atom stereocenters. The molecule has 0 spiro atoms. The van der Waals surface area contributed by atoms with Gasteiger partial charge in [-0.25, -0.2) is 9.97 Å². The summed E-state index contributed by atoms with van der Waals surface area (Å²) in [5.74, 6) is 0. The van der Waals surface area contributed by atoms with Gasteiger partial charge in [0.2, 0.25) is 0 Å². The molecule has 8 bridgehead atoms. The fourth-order valence-electron chi connectivity index (χ4n) is 6.58. The lowest BCUT2D eigenvalue weighted by Gasteiger charge is -2.05. The number of hydrogen-bond donors (Lipinski definition) is 0. The van der Waals surface area contributed by atoms with Gasteiger partial charge in [-0.15, -0.1) is 0 Å². The number of nitrogens with zero attached hydrogens (tertiary/aromatic N) is 2. The second-order valence-electron chi connectivity index (χ2n) is 11.7. The van der Waals surface area contributed by atoms with E-state index in [0.29, 0.717) is 0 Å². The van der Waals surface area contributed by atoms with Crippen molar-refractivity contribution in [3.05, 3.63) is 168 Å². The van der Waals surface area contributed by atoms with E-state index in [1.165, 1.54) is 0 Å². The maximum atomic E-state index is 6.81. The van der Waals surface area contributed by atoms with Gasteiger partial charge in [0.1, 0.15) is 22.3 Å². The van der Waals surface area contributed by atoms with Crippen LogP contribution in [0.5, 0.6) is 0 Å². The molecular formula is C44H28N2O2. The average Bonchev–Trinajstić information content (AvgIpc) is 3.98. The Morgan fingerprint density at radius 2 is 0.500 bits per heavy atom. The van der Waals surface area contributed by atoms with Crippen LogP contribution in [0.3, 0.4) is 0 Å². The Hall–Kier alpha value is -6.52. The highest BCUT2D eigenvalue weighted by Gasteiger charge is 2.20. The first kappa shape index (κ1) is 27.8. The molecule has 226 valence electrons. The number of rotatable bonds is 4. The van der Waals surface area contributed by atoms with Crippen molar-refractivity contribution in [3.8, 4) is 44.5 Å². The fourth-order valence-corrected chi connectivity index (χ4v) is 6.58. The van der Waals surface area contributed by atoms with Crippen molar-refractivity contribution in [1.82, 2.24) is 9.97 Å². The van der Waals surface area contributed by atoms with Gasteiger partial charge in [-0.1, -0.05) is 121 Å². The second kappa shape index (κ2) is 11.7. The molecule has 4 aromatic carbocycles. The maximum Gasteiger partial charge on any atom is 0.137 e. The van der Waals surface area contributed by atoms with Gasteiger partial charge >= 0.3 is 0 Å². The molecular weight excluding hydrogens is 588 g/mol. The van der Waals surface area contributed by atoms with Crippen LogP contribution < -0.4 is 0 Å². The van der Waals surface area contributed by atoms with Crippen molar-refractivity contribution >= 4 is 46.6 Å². The van der Waals surface area contributed by atoms with Crippen molar-refractivity contribution in [2.75, 3.05) is 0 Å². The van der Waals surface area contributed by atoms with Crippen LogP contribution in [0.2, 0.25) is 0 Å². The van der Waals surface area contributed by atoms with Gasteiger partial charge in [0.25, 0.3) is 0 Å². The highest BCUT2D eigenvalue weighted by Crippen LogP contribution is 2.39. The molecule has 2 aliphatic heterocycles. The molecule has 3 aromatic heterocycles. The Morgan fingerprint density at radius 1 is 0.271 bits per heavy atom. The van der Waals surface area contributed by atoms with Gasteiger partial charge < -0.3 is 8.83 Å². The number of fused-ring (bicyclic) bond motifs is 8. The minimum atomic E-state index is 0.728. The van der Waals surface area contributed by atoms with Crippen LogP contribution in [0.4, 0.5) is 0 Å².